The number of pyridine rings is 1. The quantitative estimate of drug-likeness (QED) is 0.456. The summed E-state index contributed by atoms with van der Waals surface area (Å²) in [4.78, 5) is 28.5. The molecule has 214 valence electrons. The Balaban J connectivity index is 1.53. The zero-order valence-corrected chi connectivity index (χ0v) is 23.7. The molecule has 1 saturated heterocycles. The number of carbonyl (C=O) groups is 1. The molecule has 1 amide bonds. The van der Waals surface area contributed by atoms with E-state index in [1.165, 1.54) is 11.9 Å². The topological polar surface area (TPSA) is 120 Å². The molecule has 0 saturated carbocycles. The second-order valence-corrected chi connectivity index (χ2v) is 12.9. The third-order valence-corrected chi connectivity index (χ3v) is 9.80. The summed E-state index contributed by atoms with van der Waals surface area (Å²) in [5.74, 6) is -0.193. The predicted molar refractivity (Wildman–Crippen MR) is 146 cm³/mol. The van der Waals surface area contributed by atoms with Gasteiger partial charge >= 0.3 is 6.18 Å². The smallest absolute Gasteiger partial charge is 0.354 e. The van der Waals surface area contributed by atoms with E-state index in [1.54, 1.807) is 6.07 Å². The highest BCUT2D eigenvalue weighted by Gasteiger charge is 2.38. The molecule has 5 rings (SSSR count). The first-order valence-corrected chi connectivity index (χ1v) is 15.2. The number of nitrogens with zero attached hydrogens (tertiary/aromatic N) is 5. The van der Waals surface area contributed by atoms with E-state index in [0.29, 0.717) is 41.4 Å². The van der Waals surface area contributed by atoms with Gasteiger partial charge in [0.25, 0.3) is 5.91 Å². The van der Waals surface area contributed by atoms with Crippen LogP contribution in [0.15, 0.2) is 29.3 Å². The van der Waals surface area contributed by atoms with Crippen LogP contribution in [0.1, 0.15) is 34.8 Å². The number of piperazine rings is 1. The minimum Gasteiger partial charge on any atom is -0.354 e. The number of thiophene rings is 1. The van der Waals surface area contributed by atoms with Gasteiger partial charge in [-0.15, -0.1) is 11.3 Å². The molecule has 0 aliphatic carbocycles. The third kappa shape index (κ3) is 5.49. The Kier molecular flexibility index (Phi) is 7.48. The first-order valence-electron chi connectivity index (χ1n) is 12.7. The number of fused-ring (bicyclic) bond motifs is 1. The Labute approximate surface area is 233 Å². The van der Waals surface area contributed by atoms with Crippen molar-refractivity contribution in [3.05, 3.63) is 40.5 Å². The SMILES string of the molecule is CCc1nc(N2CCN[C@H](C)C2)ccc1Nc1ncc(C(F)(F)F)c(-c2cc3c(s2)C(=O)N(C)CCS3(=O)=O)n1. The molecule has 5 heterocycles. The van der Waals surface area contributed by atoms with Gasteiger partial charge in [0.15, 0.2) is 9.84 Å². The van der Waals surface area contributed by atoms with Gasteiger partial charge in [-0.1, -0.05) is 6.92 Å². The van der Waals surface area contributed by atoms with E-state index in [4.69, 9.17) is 4.98 Å². The van der Waals surface area contributed by atoms with Gasteiger partial charge < -0.3 is 20.4 Å². The normalized spacial score (nSPS) is 19.4. The standard InChI is InChI=1S/C25H28F3N7O3S2/c1-4-16-17(5-6-20(31-16)35-8-7-29-14(2)13-35)32-24-30-12-15(25(26,27)28)21(33-24)18-11-19-22(39-18)23(36)34(3)9-10-40(19,37)38/h5-6,11-12,14,29H,4,7-10,13H2,1-3H3,(H,30,32,33)/t14-/m1/s1. The fourth-order valence-electron chi connectivity index (χ4n) is 4.66. The van der Waals surface area contributed by atoms with E-state index in [0.717, 1.165) is 31.5 Å². The van der Waals surface area contributed by atoms with E-state index in [1.807, 2.05) is 13.0 Å². The van der Waals surface area contributed by atoms with Gasteiger partial charge in [-0.3, -0.25) is 4.79 Å². The van der Waals surface area contributed by atoms with Crippen molar-refractivity contribution in [3.8, 4) is 10.6 Å². The van der Waals surface area contributed by atoms with Gasteiger partial charge in [0.2, 0.25) is 5.95 Å². The van der Waals surface area contributed by atoms with Crippen LogP contribution in [-0.4, -0.2) is 79.2 Å². The molecule has 0 bridgehead atoms. The van der Waals surface area contributed by atoms with Crippen LogP contribution in [0.4, 0.5) is 30.6 Å². The van der Waals surface area contributed by atoms with Crippen molar-refractivity contribution in [1.82, 2.24) is 25.2 Å². The Morgan fingerprint density at radius 3 is 2.70 bits per heavy atom. The molecule has 2 N–H and O–H groups in total. The van der Waals surface area contributed by atoms with Crippen LogP contribution in [0.3, 0.4) is 0 Å². The number of rotatable bonds is 5. The molecule has 0 aromatic carbocycles. The van der Waals surface area contributed by atoms with Gasteiger partial charge in [0, 0.05) is 45.5 Å². The molecule has 2 aliphatic rings. The van der Waals surface area contributed by atoms with E-state index in [9.17, 15) is 26.4 Å². The average molecular weight is 596 g/mol. The number of aromatic nitrogens is 3. The lowest BCUT2D eigenvalue weighted by Crippen LogP contribution is -2.49. The maximum Gasteiger partial charge on any atom is 0.420 e. The molecule has 0 spiro atoms. The molecule has 0 radical (unpaired) electrons. The molecular formula is C25H28F3N7O3S2. The number of sulfone groups is 1. The second-order valence-electron chi connectivity index (χ2n) is 9.75. The monoisotopic (exact) mass is 595 g/mol. The van der Waals surface area contributed by atoms with Crippen molar-refractivity contribution in [2.75, 3.05) is 49.2 Å². The number of hydrogen-bond donors (Lipinski definition) is 2. The Morgan fingerprint density at radius 2 is 2.00 bits per heavy atom. The number of amides is 1. The summed E-state index contributed by atoms with van der Waals surface area (Å²) >= 11 is 0.675. The second kappa shape index (κ2) is 10.6. The van der Waals surface area contributed by atoms with E-state index < -0.39 is 33.2 Å². The number of anilines is 3. The number of halogens is 3. The minimum atomic E-state index is -4.81. The minimum absolute atomic E-state index is 0.00641. The summed E-state index contributed by atoms with van der Waals surface area (Å²) in [5, 5.41) is 6.37. The van der Waals surface area contributed by atoms with Crippen LogP contribution in [0.2, 0.25) is 0 Å². The summed E-state index contributed by atoms with van der Waals surface area (Å²) in [6, 6.07) is 5.06. The van der Waals surface area contributed by atoms with Gasteiger partial charge in [0.1, 0.15) is 16.3 Å². The first kappa shape index (κ1) is 28.2. The summed E-state index contributed by atoms with van der Waals surface area (Å²) < 4.78 is 67.6. The molecule has 2 aliphatic heterocycles. The summed E-state index contributed by atoms with van der Waals surface area (Å²) in [6.07, 6.45) is -3.60. The number of alkyl halides is 3. The summed E-state index contributed by atoms with van der Waals surface area (Å²) in [6.45, 7) is 6.45. The van der Waals surface area contributed by atoms with Crippen molar-refractivity contribution in [2.24, 2.45) is 0 Å². The Morgan fingerprint density at radius 1 is 1.23 bits per heavy atom. The molecule has 10 nitrogen and oxygen atoms in total. The van der Waals surface area contributed by atoms with Crippen molar-refractivity contribution in [3.63, 3.8) is 0 Å². The summed E-state index contributed by atoms with van der Waals surface area (Å²) in [7, 11) is -2.42. The third-order valence-electron chi connectivity index (χ3n) is 6.83. The van der Waals surface area contributed by atoms with Crippen LogP contribution >= 0.6 is 11.3 Å². The maximum atomic E-state index is 14.0. The molecule has 3 aromatic heterocycles. The lowest BCUT2D eigenvalue weighted by molar-refractivity contribution is -0.137. The van der Waals surface area contributed by atoms with Crippen molar-refractivity contribution in [1.29, 1.82) is 0 Å². The highest BCUT2D eigenvalue weighted by Crippen LogP contribution is 2.42. The molecule has 15 heteroatoms. The highest BCUT2D eigenvalue weighted by atomic mass is 32.2. The maximum absolute atomic E-state index is 14.0. The van der Waals surface area contributed by atoms with E-state index in [-0.39, 0.29) is 32.9 Å². The lowest BCUT2D eigenvalue weighted by Gasteiger charge is -2.33. The van der Waals surface area contributed by atoms with Crippen molar-refractivity contribution >= 4 is 44.5 Å². The lowest BCUT2D eigenvalue weighted by atomic mass is 10.2. The largest absolute Gasteiger partial charge is 0.420 e. The predicted octanol–water partition coefficient (Wildman–Crippen LogP) is 3.58. The van der Waals surface area contributed by atoms with Crippen LogP contribution < -0.4 is 15.5 Å². The zero-order valence-electron chi connectivity index (χ0n) is 22.0. The molecule has 1 atom stereocenters. The molecule has 0 unspecified atom stereocenters. The fourth-order valence-corrected chi connectivity index (χ4v) is 7.69. The van der Waals surface area contributed by atoms with Crippen molar-refractivity contribution < 1.29 is 26.4 Å². The Bertz CT molecular complexity index is 1560. The van der Waals surface area contributed by atoms with Gasteiger partial charge in [0.05, 0.1) is 32.6 Å². The molecular weight excluding hydrogens is 567 g/mol. The van der Waals surface area contributed by atoms with Crippen molar-refractivity contribution in [2.45, 2.75) is 37.4 Å². The Hall–Kier alpha value is -3.30. The van der Waals surface area contributed by atoms with Crippen LogP contribution in [0.25, 0.3) is 10.6 Å². The number of aryl methyl sites for hydroxylation is 1. The van der Waals surface area contributed by atoms with E-state index in [2.05, 4.69) is 32.4 Å². The number of hydrogen-bond acceptors (Lipinski definition) is 10. The van der Waals surface area contributed by atoms with Crippen LogP contribution in [-0.2, 0) is 22.4 Å². The highest BCUT2D eigenvalue weighted by molar-refractivity contribution is 7.91. The van der Waals surface area contributed by atoms with Gasteiger partial charge in [-0.05, 0) is 31.5 Å². The fraction of sp³-hybridized carbons (Fsp3) is 0.440. The van der Waals surface area contributed by atoms with Crippen LogP contribution in [0.5, 0.6) is 0 Å². The van der Waals surface area contributed by atoms with Gasteiger partial charge in [-0.2, -0.15) is 13.2 Å². The summed E-state index contributed by atoms with van der Waals surface area (Å²) in [5.41, 5.74) is -0.409. The average Bonchev–Trinajstić information content (AvgIpc) is 3.35. The van der Waals surface area contributed by atoms with Gasteiger partial charge in [-0.25, -0.2) is 23.4 Å². The van der Waals surface area contributed by atoms with Crippen LogP contribution in [0, 0.1) is 0 Å². The molecule has 3 aromatic rings. The molecule has 1 fully saturated rings. The first-order chi connectivity index (χ1) is 18.9. The van der Waals surface area contributed by atoms with E-state index >= 15 is 0 Å². The molecule has 40 heavy (non-hydrogen) atoms. The number of carbonyl (C=O) groups excluding carboxylic acids is 1. The number of nitrogens with one attached hydrogen (secondary N) is 2. The zero-order chi connectivity index (χ0) is 28.8.